The van der Waals surface area contributed by atoms with E-state index in [1.165, 1.54) is 20.8 Å². The predicted octanol–water partition coefficient (Wildman–Crippen LogP) is 7.19. The number of halogens is 8. The van der Waals surface area contributed by atoms with Gasteiger partial charge in [-0.3, -0.25) is 4.79 Å². The summed E-state index contributed by atoms with van der Waals surface area (Å²) in [6, 6.07) is 0.0855. The van der Waals surface area contributed by atoms with E-state index in [0.717, 1.165) is 4.90 Å². The normalized spacial score (nSPS) is 23.2. The zero-order valence-corrected chi connectivity index (χ0v) is 24.5. The molecule has 1 heterocycles. The summed E-state index contributed by atoms with van der Waals surface area (Å²) in [4.78, 5) is 12.5. The average molecular weight is 638 g/mol. The van der Waals surface area contributed by atoms with E-state index in [9.17, 15) is 43.9 Å². The molecule has 2 aliphatic rings. The number of nitrogens with zero attached hydrogens (tertiary/aromatic N) is 1. The Kier molecular flexibility index (Phi) is 9.76. The van der Waals surface area contributed by atoms with Gasteiger partial charge in [0.2, 0.25) is 27.2 Å². The number of rotatable bonds is 9. The van der Waals surface area contributed by atoms with Crippen molar-refractivity contribution in [3.63, 3.8) is 0 Å². The molecule has 42 heavy (non-hydrogen) atoms. The summed E-state index contributed by atoms with van der Waals surface area (Å²) in [5.41, 5.74) is -6.23. The molecule has 1 aliphatic carbocycles. The lowest BCUT2D eigenvalue weighted by atomic mass is 9.89. The largest absolute Gasteiger partial charge is 0.492 e. The molecule has 3 rings (SSSR count). The van der Waals surface area contributed by atoms with Crippen LogP contribution in [-0.4, -0.2) is 57.5 Å². The second-order valence-corrected chi connectivity index (χ2v) is 13.7. The van der Waals surface area contributed by atoms with E-state index in [1.54, 1.807) is 0 Å². The van der Waals surface area contributed by atoms with Crippen molar-refractivity contribution in [1.82, 2.24) is 0 Å². The van der Waals surface area contributed by atoms with Gasteiger partial charge in [-0.05, 0) is 53.0 Å². The van der Waals surface area contributed by atoms with E-state index in [-0.39, 0.29) is 19.4 Å². The van der Waals surface area contributed by atoms with Crippen LogP contribution in [0.3, 0.4) is 0 Å². The van der Waals surface area contributed by atoms with Crippen molar-refractivity contribution < 1.29 is 57.8 Å². The molecule has 2 atom stereocenters. The van der Waals surface area contributed by atoms with E-state index in [2.05, 4.69) is 0 Å². The third-order valence-electron chi connectivity index (χ3n) is 7.58. The van der Waals surface area contributed by atoms with Crippen LogP contribution in [-0.2, 0) is 25.5 Å². The number of anilines is 1. The van der Waals surface area contributed by atoms with E-state index in [1.807, 2.05) is 0 Å². The Balaban J connectivity index is 2.17. The number of hydrogen-bond acceptors (Lipinski definition) is 6. The van der Waals surface area contributed by atoms with Crippen LogP contribution in [0.5, 0.6) is 5.75 Å². The van der Waals surface area contributed by atoms with Gasteiger partial charge in [0.05, 0.1) is 28.2 Å². The molecule has 1 aliphatic heterocycles. The second kappa shape index (κ2) is 12.0. The van der Waals surface area contributed by atoms with Crippen molar-refractivity contribution >= 4 is 21.5 Å². The standard InChI is InChI=1S/C27H35F8NO5S/c1-5-40-23(37)24(2,3)15-41-20-13-21-19(12-18(20)27(33,34)35)36(17-7-10-26(31,32)11-8-17)14-16(6-9-25(4,29)30)22(28)42(21,38)39/h12-13,16-17,22H,5-11,14-15H2,1-4H3/t16-,22+/m1/s1. The predicted molar refractivity (Wildman–Crippen MR) is 137 cm³/mol. The van der Waals surface area contributed by atoms with Gasteiger partial charge in [-0.1, -0.05) is 0 Å². The van der Waals surface area contributed by atoms with E-state index in [4.69, 9.17) is 9.47 Å². The van der Waals surface area contributed by atoms with Gasteiger partial charge in [-0.25, -0.2) is 30.4 Å². The van der Waals surface area contributed by atoms with Gasteiger partial charge < -0.3 is 14.4 Å². The Bertz CT molecular complexity index is 1240. The van der Waals surface area contributed by atoms with Crippen LogP contribution >= 0.6 is 0 Å². The first kappa shape index (κ1) is 34.2. The minimum atomic E-state index is -5.11. The maximum atomic E-state index is 15.7. The molecule has 0 saturated heterocycles. The van der Waals surface area contributed by atoms with Gasteiger partial charge in [-0.2, -0.15) is 13.2 Å². The minimum Gasteiger partial charge on any atom is -0.492 e. The number of benzene rings is 1. The minimum absolute atomic E-state index is 0.0148. The van der Waals surface area contributed by atoms with Crippen molar-refractivity contribution in [2.75, 3.05) is 24.7 Å². The van der Waals surface area contributed by atoms with Crippen molar-refractivity contribution in [2.45, 2.75) is 101 Å². The Morgan fingerprint density at radius 2 is 1.67 bits per heavy atom. The van der Waals surface area contributed by atoms with Crippen LogP contribution in [0.1, 0.15) is 71.8 Å². The third kappa shape index (κ3) is 7.79. The number of sulfone groups is 1. The van der Waals surface area contributed by atoms with Gasteiger partial charge in [0.15, 0.2) is 0 Å². The quantitative estimate of drug-likeness (QED) is 0.211. The van der Waals surface area contributed by atoms with E-state index < -0.39 is 117 Å². The molecule has 0 spiro atoms. The molecule has 0 N–H and O–H groups in total. The molecule has 1 saturated carbocycles. The molecule has 240 valence electrons. The lowest BCUT2D eigenvalue weighted by molar-refractivity contribution is -0.155. The molecule has 1 aromatic rings. The highest BCUT2D eigenvalue weighted by atomic mass is 32.2. The fraction of sp³-hybridized carbons (Fsp3) is 0.741. The number of esters is 1. The number of carbonyl (C=O) groups is 1. The molecule has 0 aromatic heterocycles. The van der Waals surface area contributed by atoms with Crippen molar-refractivity contribution in [3.8, 4) is 5.75 Å². The lowest BCUT2D eigenvalue weighted by Crippen LogP contribution is -2.44. The third-order valence-corrected chi connectivity index (χ3v) is 9.50. The monoisotopic (exact) mass is 637 g/mol. The first-order chi connectivity index (χ1) is 19.1. The number of hydrogen-bond donors (Lipinski definition) is 0. The Hall–Kier alpha value is -2.32. The molecule has 0 bridgehead atoms. The van der Waals surface area contributed by atoms with Crippen LogP contribution < -0.4 is 9.64 Å². The maximum Gasteiger partial charge on any atom is 0.420 e. The van der Waals surface area contributed by atoms with Crippen LogP contribution in [0, 0.1) is 11.3 Å². The summed E-state index contributed by atoms with van der Waals surface area (Å²) in [6.07, 6.45) is -8.39. The van der Waals surface area contributed by atoms with E-state index >= 15 is 4.39 Å². The Morgan fingerprint density at radius 3 is 2.19 bits per heavy atom. The maximum absolute atomic E-state index is 15.7. The van der Waals surface area contributed by atoms with E-state index in [0.29, 0.717) is 19.1 Å². The molecular formula is C27H35F8NO5S. The fourth-order valence-corrected chi connectivity index (χ4v) is 6.85. The van der Waals surface area contributed by atoms with Crippen LogP contribution in [0.15, 0.2) is 17.0 Å². The molecule has 1 fully saturated rings. The van der Waals surface area contributed by atoms with Crippen LogP contribution in [0.25, 0.3) is 0 Å². The van der Waals surface area contributed by atoms with Crippen LogP contribution in [0.4, 0.5) is 40.8 Å². The number of carbonyl (C=O) groups excluding carboxylic acids is 1. The van der Waals surface area contributed by atoms with Gasteiger partial charge in [0.1, 0.15) is 12.4 Å². The Labute approximate surface area is 239 Å². The molecular weight excluding hydrogens is 602 g/mol. The summed E-state index contributed by atoms with van der Waals surface area (Å²) in [6.45, 7) is 3.51. The molecule has 0 amide bonds. The molecule has 15 heteroatoms. The highest BCUT2D eigenvalue weighted by Crippen LogP contribution is 2.48. The lowest BCUT2D eigenvalue weighted by Gasteiger charge is -2.39. The molecule has 0 unspecified atom stereocenters. The summed E-state index contributed by atoms with van der Waals surface area (Å²) >= 11 is 0. The first-order valence-corrected chi connectivity index (χ1v) is 15.1. The zero-order chi connectivity index (χ0) is 31.9. The molecule has 6 nitrogen and oxygen atoms in total. The SMILES string of the molecule is CCOC(=O)C(C)(C)COc1cc2c(cc1C(F)(F)F)N(C1CCC(F)(F)CC1)C[C@@H](CCC(C)(F)F)[C@@H](F)S2(=O)=O. The highest BCUT2D eigenvalue weighted by molar-refractivity contribution is 7.92. The average Bonchev–Trinajstić information content (AvgIpc) is 2.93. The topological polar surface area (TPSA) is 72.9 Å². The smallest absolute Gasteiger partial charge is 0.420 e. The van der Waals surface area contributed by atoms with Crippen molar-refractivity contribution in [2.24, 2.45) is 11.3 Å². The summed E-state index contributed by atoms with van der Waals surface area (Å²) < 4.78 is 151. The molecule has 1 aromatic carbocycles. The van der Waals surface area contributed by atoms with Gasteiger partial charge in [0.25, 0.3) is 0 Å². The Morgan fingerprint density at radius 1 is 1.07 bits per heavy atom. The molecule has 0 radical (unpaired) electrons. The van der Waals surface area contributed by atoms with Crippen molar-refractivity contribution in [3.05, 3.63) is 17.7 Å². The number of fused-ring (bicyclic) bond motifs is 1. The number of alkyl halides is 8. The van der Waals surface area contributed by atoms with Crippen LogP contribution in [0.2, 0.25) is 0 Å². The summed E-state index contributed by atoms with van der Waals surface area (Å²) in [7, 11) is -5.07. The number of ether oxygens (including phenoxy) is 2. The van der Waals surface area contributed by atoms with Gasteiger partial charge in [-0.15, -0.1) is 0 Å². The summed E-state index contributed by atoms with van der Waals surface area (Å²) in [5.74, 6) is -9.69. The fourth-order valence-electron chi connectivity index (χ4n) is 5.14. The summed E-state index contributed by atoms with van der Waals surface area (Å²) in [5, 5.41) is 0. The van der Waals surface area contributed by atoms with Gasteiger partial charge in [0, 0.05) is 43.8 Å². The highest BCUT2D eigenvalue weighted by Gasteiger charge is 2.47. The van der Waals surface area contributed by atoms with Crippen molar-refractivity contribution in [1.29, 1.82) is 0 Å². The zero-order valence-electron chi connectivity index (χ0n) is 23.7. The first-order valence-electron chi connectivity index (χ1n) is 13.5. The van der Waals surface area contributed by atoms with Gasteiger partial charge >= 0.3 is 12.1 Å². The second-order valence-electron chi connectivity index (χ2n) is 11.7.